The van der Waals surface area contributed by atoms with E-state index in [0.29, 0.717) is 41.8 Å². The number of benzene rings is 1. The molecule has 0 aliphatic carbocycles. The molecule has 0 unspecified atom stereocenters. The van der Waals surface area contributed by atoms with Crippen LogP contribution in [0.4, 0.5) is 0 Å². The Morgan fingerprint density at radius 2 is 2.05 bits per heavy atom. The van der Waals surface area contributed by atoms with E-state index in [9.17, 15) is 4.79 Å². The van der Waals surface area contributed by atoms with Crippen LogP contribution in [-0.4, -0.2) is 32.0 Å². The van der Waals surface area contributed by atoms with Gasteiger partial charge in [-0.3, -0.25) is 4.79 Å². The molecule has 1 saturated heterocycles. The maximum absolute atomic E-state index is 11.9. The van der Waals surface area contributed by atoms with Crippen molar-refractivity contribution >= 4 is 29.1 Å². The fourth-order valence-electron chi connectivity index (χ4n) is 1.78. The Labute approximate surface area is 122 Å². The van der Waals surface area contributed by atoms with E-state index >= 15 is 0 Å². The summed E-state index contributed by atoms with van der Waals surface area (Å²) in [6.45, 7) is 1.89. The molecule has 0 radical (unpaired) electrons. The van der Waals surface area contributed by atoms with Crippen molar-refractivity contribution in [1.29, 1.82) is 0 Å². The molecular weight excluding hydrogens is 289 g/mol. The van der Waals surface area contributed by atoms with Crippen molar-refractivity contribution in [1.82, 2.24) is 5.32 Å². The molecule has 1 N–H and O–H groups in total. The number of amides is 1. The quantitative estimate of drug-likeness (QED) is 0.930. The summed E-state index contributed by atoms with van der Waals surface area (Å²) >= 11 is 11.7. The Hall–Kier alpha value is -0.810. The minimum absolute atomic E-state index is 0.225. The zero-order valence-corrected chi connectivity index (χ0v) is 11.8. The molecule has 2 rings (SSSR count). The summed E-state index contributed by atoms with van der Waals surface area (Å²) in [4.78, 5) is 11.9. The number of rotatable bonds is 4. The normalized spacial score (nSPS) is 16.3. The van der Waals surface area contributed by atoms with Gasteiger partial charge in [-0.25, -0.2) is 0 Å². The first-order valence-electron chi connectivity index (χ1n) is 6.13. The highest BCUT2D eigenvalue weighted by Gasteiger charge is 2.15. The Balaban J connectivity index is 1.80. The second-order valence-corrected chi connectivity index (χ2v) is 5.04. The molecule has 1 aliphatic rings. The lowest BCUT2D eigenvalue weighted by Gasteiger charge is -2.23. The van der Waals surface area contributed by atoms with Gasteiger partial charge in [-0.2, -0.15) is 0 Å². The number of hydrogen-bond acceptors (Lipinski definition) is 3. The molecule has 0 saturated carbocycles. The standard InChI is InChI=1S/C13H15Cl2NO3/c14-9-2-3-10(11(15)8-9)13(17)16-5-4-12-18-6-1-7-19-12/h2-3,8,12H,1,4-7H2,(H,16,17). The maximum Gasteiger partial charge on any atom is 0.252 e. The minimum atomic E-state index is -0.227. The molecule has 1 aromatic carbocycles. The van der Waals surface area contributed by atoms with Gasteiger partial charge in [0.15, 0.2) is 6.29 Å². The van der Waals surface area contributed by atoms with Crippen LogP contribution in [0.3, 0.4) is 0 Å². The third-order valence-electron chi connectivity index (χ3n) is 2.74. The van der Waals surface area contributed by atoms with E-state index in [2.05, 4.69) is 5.32 Å². The fourth-order valence-corrected chi connectivity index (χ4v) is 2.27. The van der Waals surface area contributed by atoms with Crippen LogP contribution < -0.4 is 5.32 Å². The van der Waals surface area contributed by atoms with Crippen LogP contribution in [-0.2, 0) is 9.47 Å². The van der Waals surface area contributed by atoms with Gasteiger partial charge in [-0.15, -0.1) is 0 Å². The highest BCUT2D eigenvalue weighted by molar-refractivity contribution is 6.36. The van der Waals surface area contributed by atoms with Crippen molar-refractivity contribution in [2.24, 2.45) is 0 Å². The average molecular weight is 304 g/mol. The lowest BCUT2D eigenvalue weighted by Crippen LogP contribution is -2.31. The van der Waals surface area contributed by atoms with Crippen LogP contribution in [0.15, 0.2) is 18.2 Å². The summed E-state index contributed by atoms with van der Waals surface area (Å²) in [7, 11) is 0. The van der Waals surface area contributed by atoms with Crippen molar-refractivity contribution in [2.45, 2.75) is 19.1 Å². The lowest BCUT2D eigenvalue weighted by molar-refractivity contribution is -0.180. The van der Waals surface area contributed by atoms with Crippen molar-refractivity contribution in [3.8, 4) is 0 Å². The second kappa shape index (κ2) is 7.10. The molecule has 1 aliphatic heterocycles. The Kier molecular flexibility index (Phi) is 5.45. The first-order valence-corrected chi connectivity index (χ1v) is 6.89. The molecule has 0 bridgehead atoms. The fraction of sp³-hybridized carbons (Fsp3) is 0.462. The van der Waals surface area contributed by atoms with Gasteiger partial charge < -0.3 is 14.8 Å². The van der Waals surface area contributed by atoms with Crippen molar-refractivity contribution < 1.29 is 14.3 Å². The molecule has 1 amide bonds. The van der Waals surface area contributed by atoms with E-state index < -0.39 is 0 Å². The molecule has 4 nitrogen and oxygen atoms in total. The van der Waals surface area contributed by atoms with Gasteiger partial charge in [0.25, 0.3) is 5.91 Å². The van der Waals surface area contributed by atoms with Gasteiger partial charge in [0.05, 0.1) is 23.8 Å². The summed E-state index contributed by atoms with van der Waals surface area (Å²) in [6, 6.07) is 4.79. The number of nitrogens with one attached hydrogen (secondary N) is 1. The largest absolute Gasteiger partial charge is 0.353 e. The third kappa shape index (κ3) is 4.35. The van der Waals surface area contributed by atoms with E-state index in [4.69, 9.17) is 32.7 Å². The molecule has 0 atom stereocenters. The van der Waals surface area contributed by atoms with E-state index in [1.807, 2.05) is 0 Å². The number of ether oxygens (including phenoxy) is 2. The van der Waals surface area contributed by atoms with Crippen LogP contribution in [0.25, 0.3) is 0 Å². The molecular formula is C13H15Cl2NO3. The van der Waals surface area contributed by atoms with E-state index in [1.54, 1.807) is 18.2 Å². The highest BCUT2D eigenvalue weighted by Crippen LogP contribution is 2.20. The van der Waals surface area contributed by atoms with Crippen molar-refractivity contribution in [2.75, 3.05) is 19.8 Å². The molecule has 6 heteroatoms. The van der Waals surface area contributed by atoms with E-state index in [0.717, 1.165) is 6.42 Å². The van der Waals surface area contributed by atoms with Crippen LogP contribution in [0.2, 0.25) is 10.0 Å². The monoisotopic (exact) mass is 303 g/mol. The number of hydrogen-bond donors (Lipinski definition) is 1. The summed E-state index contributed by atoms with van der Waals surface area (Å²) in [5.74, 6) is -0.225. The Bertz CT molecular complexity index is 448. The Morgan fingerprint density at radius 1 is 1.32 bits per heavy atom. The molecule has 1 aromatic rings. The molecule has 1 heterocycles. The number of halogens is 2. The first-order chi connectivity index (χ1) is 9.16. The highest BCUT2D eigenvalue weighted by atomic mass is 35.5. The summed E-state index contributed by atoms with van der Waals surface area (Å²) in [6.07, 6.45) is 1.31. The van der Waals surface area contributed by atoms with Crippen molar-refractivity contribution in [3.05, 3.63) is 33.8 Å². The summed E-state index contributed by atoms with van der Waals surface area (Å²) < 4.78 is 10.8. The van der Waals surface area contributed by atoms with Gasteiger partial charge in [0.1, 0.15) is 0 Å². The van der Waals surface area contributed by atoms with Crippen LogP contribution in [0, 0.1) is 0 Å². The van der Waals surface area contributed by atoms with Gasteiger partial charge in [0.2, 0.25) is 0 Å². The molecule has 19 heavy (non-hydrogen) atoms. The maximum atomic E-state index is 11.9. The average Bonchev–Trinajstić information content (AvgIpc) is 2.39. The van der Waals surface area contributed by atoms with Crippen LogP contribution in [0.1, 0.15) is 23.2 Å². The van der Waals surface area contributed by atoms with Gasteiger partial charge in [-0.05, 0) is 24.6 Å². The summed E-state index contributed by atoms with van der Waals surface area (Å²) in [5.41, 5.74) is 0.413. The van der Waals surface area contributed by atoms with Gasteiger partial charge in [0, 0.05) is 18.0 Å². The summed E-state index contributed by atoms with van der Waals surface area (Å²) in [5, 5.41) is 3.63. The van der Waals surface area contributed by atoms with Gasteiger partial charge >= 0.3 is 0 Å². The number of carbonyl (C=O) groups excluding carboxylic acids is 1. The molecule has 0 spiro atoms. The van der Waals surface area contributed by atoms with E-state index in [1.165, 1.54) is 0 Å². The molecule has 104 valence electrons. The predicted molar refractivity (Wildman–Crippen MR) is 73.7 cm³/mol. The zero-order chi connectivity index (χ0) is 13.7. The lowest BCUT2D eigenvalue weighted by atomic mass is 10.2. The SMILES string of the molecule is O=C(NCCC1OCCCO1)c1ccc(Cl)cc1Cl. The predicted octanol–water partition coefficient (Wildman–Crippen LogP) is 2.88. The third-order valence-corrected chi connectivity index (χ3v) is 3.29. The molecule has 1 fully saturated rings. The Morgan fingerprint density at radius 3 is 2.74 bits per heavy atom. The zero-order valence-electron chi connectivity index (χ0n) is 10.3. The first kappa shape index (κ1) is 14.6. The van der Waals surface area contributed by atoms with Crippen LogP contribution >= 0.6 is 23.2 Å². The van der Waals surface area contributed by atoms with Crippen molar-refractivity contribution in [3.63, 3.8) is 0 Å². The minimum Gasteiger partial charge on any atom is -0.353 e. The smallest absolute Gasteiger partial charge is 0.252 e. The second-order valence-electron chi connectivity index (χ2n) is 4.19. The number of carbonyl (C=O) groups is 1. The van der Waals surface area contributed by atoms with Crippen LogP contribution in [0.5, 0.6) is 0 Å². The topological polar surface area (TPSA) is 47.6 Å². The van der Waals surface area contributed by atoms with E-state index in [-0.39, 0.29) is 12.2 Å². The van der Waals surface area contributed by atoms with Gasteiger partial charge in [-0.1, -0.05) is 23.2 Å². The molecule has 0 aromatic heterocycles.